The summed E-state index contributed by atoms with van der Waals surface area (Å²) in [5.41, 5.74) is 5.00. The lowest BCUT2D eigenvalue weighted by Crippen LogP contribution is -2.44. The van der Waals surface area contributed by atoms with Gasteiger partial charge < -0.3 is 20.7 Å². The van der Waals surface area contributed by atoms with Gasteiger partial charge in [-0.15, -0.1) is 0 Å². The third kappa shape index (κ3) is 5.09. The van der Waals surface area contributed by atoms with E-state index in [9.17, 15) is 9.59 Å². The highest BCUT2D eigenvalue weighted by Crippen LogP contribution is 1.96. The van der Waals surface area contributed by atoms with Crippen LogP contribution in [0, 0.1) is 0 Å². The summed E-state index contributed by atoms with van der Waals surface area (Å²) < 4.78 is 5.15. The number of carbonyl (C=O) groups is 2. The lowest BCUT2D eigenvalue weighted by molar-refractivity contribution is -0.134. The van der Waals surface area contributed by atoms with E-state index < -0.39 is 0 Å². The average molecular weight is 229 g/mol. The van der Waals surface area contributed by atoms with Crippen molar-refractivity contribution in [1.82, 2.24) is 10.2 Å². The summed E-state index contributed by atoms with van der Waals surface area (Å²) in [7, 11) is 0. The minimum atomic E-state index is -0.304. The molecule has 0 radical (unpaired) electrons. The number of ether oxygens (including phenoxy) is 1. The van der Waals surface area contributed by atoms with Gasteiger partial charge in [-0.25, -0.2) is 0 Å². The molecule has 1 fully saturated rings. The van der Waals surface area contributed by atoms with Crippen molar-refractivity contribution in [2.24, 2.45) is 5.73 Å². The van der Waals surface area contributed by atoms with Crippen LogP contribution in [0.5, 0.6) is 0 Å². The van der Waals surface area contributed by atoms with E-state index in [0.717, 1.165) is 0 Å². The Morgan fingerprint density at radius 2 is 2.00 bits per heavy atom. The number of hydrogen-bond donors (Lipinski definition) is 2. The number of rotatable bonds is 6. The van der Waals surface area contributed by atoms with Gasteiger partial charge in [0.15, 0.2) is 0 Å². The largest absolute Gasteiger partial charge is 0.378 e. The maximum Gasteiger partial charge on any atom is 0.236 e. The molecule has 16 heavy (non-hydrogen) atoms. The van der Waals surface area contributed by atoms with E-state index in [1.54, 1.807) is 4.90 Å². The Balaban J connectivity index is 2.03. The van der Waals surface area contributed by atoms with Crippen LogP contribution in [0.15, 0.2) is 0 Å². The summed E-state index contributed by atoms with van der Waals surface area (Å²) in [6, 6.07) is 0. The highest BCUT2D eigenvalue weighted by Gasteiger charge is 2.15. The number of nitrogens with one attached hydrogen (secondary N) is 1. The van der Waals surface area contributed by atoms with E-state index in [0.29, 0.717) is 52.2 Å². The molecular formula is C10H19N3O3. The number of amides is 2. The van der Waals surface area contributed by atoms with Gasteiger partial charge in [0.25, 0.3) is 0 Å². The smallest absolute Gasteiger partial charge is 0.236 e. The third-order valence-electron chi connectivity index (χ3n) is 2.42. The quantitative estimate of drug-likeness (QED) is 0.554. The predicted molar refractivity (Wildman–Crippen MR) is 58.7 cm³/mol. The molecule has 1 aliphatic rings. The molecule has 1 saturated heterocycles. The molecule has 0 aromatic carbocycles. The van der Waals surface area contributed by atoms with Gasteiger partial charge >= 0.3 is 0 Å². The Hall–Kier alpha value is -1.14. The fraction of sp³-hybridized carbons (Fsp3) is 0.800. The Labute approximate surface area is 95.1 Å². The molecule has 0 aromatic heterocycles. The molecule has 92 valence electrons. The van der Waals surface area contributed by atoms with Gasteiger partial charge in [0.1, 0.15) is 0 Å². The molecule has 0 atom stereocenters. The monoisotopic (exact) mass is 229 g/mol. The highest BCUT2D eigenvalue weighted by molar-refractivity contribution is 5.78. The van der Waals surface area contributed by atoms with Crippen molar-refractivity contribution < 1.29 is 14.3 Å². The first-order valence-electron chi connectivity index (χ1n) is 5.54. The van der Waals surface area contributed by atoms with Crippen molar-refractivity contribution in [3.63, 3.8) is 0 Å². The molecule has 1 rings (SSSR count). The van der Waals surface area contributed by atoms with Crippen LogP contribution >= 0.6 is 0 Å². The summed E-state index contributed by atoms with van der Waals surface area (Å²) in [6.07, 6.45) is 1.03. The van der Waals surface area contributed by atoms with Crippen LogP contribution in [0.4, 0.5) is 0 Å². The molecule has 1 aliphatic heterocycles. The topological polar surface area (TPSA) is 84.7 Å². The number of primary amides is 1. The van der Waals surface area contributed by atoms with Crippen molar-refractivity contribution in [2.75, 3.05) is 39.4 Å². The zero-order valence-electron chi connectivity index (χ0n) is 9.41. The molecule has 0 unspecified atom stereocenters. The normalized spacial score (nSPS) is 16.1. The van der Waals surface area contributed by atoms with Gasteiger partial charge in [-0.05, 0) is 13.0 Å². The first-order chi connectivity index (χ1) is 7.70. The molecule has 0 aliphatic carbocycles. The van der Waals surface area contributed by atoms with E-state index in [4.69, 9.17) is 10.5 Å². The predicted octanol–water partition coefficient (Wildman–Crippen LogP) is -1.30. The van der Waals surface area contributed by atoms with E-state index in [1.165, 1.54) is 0 Å². The van der Waals surface area contributed by atoms with E-state index in [1.807, 2.05) is 0 Å². The first kappa shape index (κ1) is 12.9. The van der Waals surface area contributed by atoms with Crippen molar-refractivity contribution in [3.8, 4) is 0 Å². The summed E-state index contributed by atoms with van der Waals surface area (Å²) in [6.45, 7) is 3.53. The van der Waals surface area contributed by atoms with Gasteiger partial charge in [0.05, 0.1) is 19.8 Å². The maximum absolute atomic E-state index is 11.6. The second-order valence-corrected chi connectivity index (χ2v) is 3.74. The molecule has 0 aromatic rings. The van der Waals surface area contributed by atoms with E-state index in [2.05, 4.69) is 5.32 Å². The molecule has 3 N–H and O–H groups in total. The number of carbonyl (C=O) groups excluding carboxylic acids is 2. The lowest BCUT2D eigenvalue weighted by atomic mass is 10.3. The van der Waals surface area contributed by atoms with Crippen molar-refractivity contribution >= 4 is 11.8 Å². The first-order valence-corrected chi connectivity index (χ1v) is 5.54. The van der Waals surface area contributed by atoms with Crippen LogP contribution in [0.25, 0.3) is 0 Å². The number of nitrogens with zero attached hydrogens (tertiary/aromatic N) is 1. The molecule has 2 amide bonds. The van der Waals surface area contributed by atoms with Crippen LogP contribution in [-0.2, 0) is 14.3 Å². The lowest BCUT2D eigenvalue weighted by Gasteiger charge is -2.26. The summed E-state index contributed by atoms with van der Waals surface area (Å²) >= 11 is 0. The van der Waals surface area contributed by atoms with Crippen molar-refractivity contribution in [3.05, 3.63) is 0 Å². The second kappa shape index (κ2) is 7.19. The minimum absolute atomic E-state index is 0.0855. The van der Waals surface area contributed by atoms with Gasteiger partial charge in [-0.3, -0.25) is 9.59 Å². The zero-order chi connectivity index (χ0) is 11.8. The number of nitrogens with two attached hydrogens (primary N) is 1. The van der Waals surface area contributed by atoms with Crippen molar-refractivity contribution in [1.29, 1.82) is 0 Å². The molecule has 1 heterocycles. The van der Waals surface area contributed by atoms with E-state index in [-0.39, 0.29) is 11.8 Å². The Kier molecular flexibility index (Phi) is 5.81. The highest BCUT2D eigenvalue weighted by atomic mass is 16.5. The number of morpholine rings is 1. The Morgan fingerprint density at radius 1 is 1.31 bits per heavy atom. The second-order valence-electron chi connectivity index (χ2n) is 3.74. The molecule has 6 heteroatoms. The molecule has 0 bridgehead atoms. The third-order valence-corrected chi connectivity index (χ3v) is 2.42. The molecule has 6 nitrogen and oxygen atoms in total. The van der Waals surface area contributed by atoms with Crippen molar-refractivity contribution in [2.45, 2.75) is 12.8 Å². The SMILES string of the molecule is NC(=O)CCCNCC(=O)N1CCOCC1. The van der Waals surface area contributed by atoms with Gasteiger partial charge in [0.2, 0.25) is 11.8 Å². The minimum Gasteiger partial charge on any atom is -0.378 e. The van der Waals surface area contributed by atoms with Gasteiger partial charge in [-0.1, -0.05) is 0 Å². The number of hydrogen-bond acceptors (Lipinski definition) is 4. The van der Waals surface area contributed by atoms with Gasteiger partial charge in [-0.2, -0.15) is 0 Å². The standard InChI is InChI=1S/C10H19N3O3/c11-9(14)2-1-3-12-8-10(15)13-4-6-16-7-5-13/h12H,1-8H2,(H2,11,14). The van der Waals surface area contributed by atoms with Crippen LogP contribution in [0.2, 0.25) is 0 Å². The van der Waals surface area contributed by atoms with Gasteiger partial charge in [0, 0.05) is 19.5 Å². The summed E-state index contributed by atoms with van der Waals surface area (Å²) in [4.78, 5) is 23.8. The van der Waals surface area contributed by atoms with Crippen LogP contribution in [0.3, 0.4) is 0 Å². The molecule has 0 spiro atoms. The molecular weight excluding hydrogens is 210 g/mol. The van der Waals surface area contributed by atoms with Crippen LogP contribution < -0.4 is 11.1 Å². The zero-order valence-corrected chi connectivity index (χ0v) is 9.41. The average Bonchev–Trinajstić information content (AvgIpc) is 2.29. The fourth-order valence-electron chi connectivity index (χ4n) is 1.51. The van der Waals surface area contributed by atoms with Crippen LogP contribution in [-0.4, -0.2) is 56.1 Å². The maximum atomic E-state index is 11.6. The Bertz CT molecular complexity index is 239. The fourth-order valence-corrected chi connectivity index (χ4v) is 1.51. The van der Waals surface area contributed by atoms with Crippen LogP contribution in [0.1, 0.15) is 12.8 Å². The Morgan fingerprint density at radius 3 is 2.62 bits per heavy atom. The molecule has 0 saturated carbocycles. The van der Waals surface area contributed by atoms with E-state index >= 15 is 0 Å². The summed E-state index contributed by atoms with van der Waals surface area (Å²) in [5, 5.41) is 3.00. The summed E-state index contributed by atoms with van der Waals surface area (Å²) in [5.74, 6) is -0.219.